The molecule has 1 unspecified atom stereocenters. The van der Waals surface area contributed by atoms with Crippen molar-refractivity contribution in [3.05, 3.63) is 6.07 Å². The largest absolute Gasteiger partial charge is 0.373 e. The van der Waals surface area contributed by atoms with E-state index in [1.807, 2.05) is 13.1 Å². The molecule has 1 atom stereocenters. The second kappa shape index (κ2) is 5.53. The molecule has 5 heteroatoms. The number of hydrogen-bond donors (Lipinski definition) is 3. The van der Waals surface area contributed by atoms with Crippen LogP contribution in [0.4, 0.5) is 17.6 Å². The smallest absolute Gasteiger partial charge is 0.223 e. The SMILES string of the molecule is CNc1cc(NC(C)CC(C)C)nc(N)n1. The van der Waals surface area contributed by atoms with Gasteiger partial charge >= 0.3 is 0 Å². The van der Waals surface area contributed by atoms with Crippen LogP contribution in [0.15, 0.2) is 6.07 Å². The van der Waals surface area contributed by atoms with Crippen molar-refractivity contribution >= 4 is 17.6 Å². The molecule has 5 nitrogen and oxygen atoms in total. The van der Waals surface area contributed by atoms with E-state index in [1.165, 1.54) is 0 Å². The molecule has 1 aromatic heterocycles. The lowest BCUT2D eigenvalue weighted by Crippen LogP contribution is -2.19. The van der Waals surface area contributed by atoms with Gasteiger partial charge in [-0.15, -0.1) is 0 Å². The van der Waals surface area contributed by atoms with Gasteiger partial charge in [-0.05, 0) is 19.3 Å². The molecule has 0 saturated carbocycles. The first-order chi connectivity index (χ1) is 7.51. The summed E-state index contributed by atoms with van der Waals surface area (Å²) in [7, 11) is 1.81. The normalized spacial score (nSPS) is 12.6. The van der Waals surface area contributed by atoms with E-state index < -0.39 is 0 Å². The summed E-state index contributed by atoms with van der Waals surface area (Å²) in [4.78, 5) is 8.18. The Hall–Kier alpha value is -1.52. The molecule has 1 aromatic rings. The molecule has 1 heterocycles. The molecule has 0 aliphatic heterocycles. The van der Waals surface area contributed by atoms with Gasteiger partial charge in [-0.25, -0.2) is 0 Å². The Morgan fingerprint density at radius 1 is 1.25 bits per heavy atom. The molecule has 0 spiro atoms. The summed E-state index contributed by atoms with van der Waals surface area (Å²) in [5.41, 5.74) is 5.61. The maximum atomic E-state index is 5.61. The highest BCUT2D eigenvalue weighted by atomic mass is 15.1. The number of anilines is 3. The molecule has 1 rings (SSSR count). The number of hydrogen-bond acceptors (Lipinski definition) is 5. The molecular weight excluding hydrogens is 202 g/mol. The fraction of sp³-hybridized carbons (Fsp3) is 0.636. The highest BCUT2D eigenvalue weighted by Crippen LogP contribution is 2.15. The van der Waals surface area contributed by atoms with Crippen LogP contribution in [0.25, 0.3) is 0 Å². The van der Waals surface area contributed by atoms with Gasteiger partial charge in [0.15, 0.2) is 0 Å². The number of nitrogen functional groups attached to an aromatic ring is 1. The summed E-state index contributed by atoms with van der Waals surface area (Å²) in [6.07, 6.45) is 1.10. The van der Waals surface area contributed by atoms with Crippen molar-refractivity contribution in [1.29, 1.82) is 0 Å². The number of nitrogens with two attached hydrogens (primary N) is 1. The average Bonchev–Trinajstić information content (AvgIpc) is 2.14. The Kier molecular flexibility index (Phi) is 4.34. The summed E-state index contributed by atoms with van der Waals surface area (Å²) in [6.45, 7) is 6.54. The fourth-order valence-electron chi connectivity index (χ4n) is 1.69. The van der Waals surface area contributed by atoms with Gasteiger partial charge in [0.2, 0.25) is 5.95 Å². The Bertz CT molecular complexity index is 337. The van der Waals surface area contributed by atoms with Gasteiger partial charge in [-0.2, -0.15) is 9.97 Å². The number of rotatable bonds is 5. The minimum atomic E-state index is 0.283. The van der Waals surface area contributed by atoms with Crippen molar-refractivity contribution in [2.75, 3.05) is 23.4 Å². The molecule has 0 radical (unpaired) electrons. The van der Waals surface area contributed by atoms with Crippen LogP contribution in [0.1, 0.15) is 27.2 Å². The van der Waals surface area contributed by atoms with E-state index in [9.17, 15) is 0 Å². The minimum Gasteiger partial charge on any atom is -0.373 e. The Morgan fingerprint density at radius 2 is 1.88 bits per heavy atom. The molecule has 0 aliphatic rings. The monoisotopic (exact) mass is 223 g/mol. The Balaban J connectivity index is 2.69. The van der Waals surface area contributed by atoms with Gasteiger partial charge in [-0.1, -0.05) is 13.8 Å². The van der Waals surface area contributed by atoms with Crippen molar-refractivity contribution in [1.82, 2.24) is 9.97 Å². The van der Waals surface area contributed by atoms with Crippen LogP contribution >= 0.6 is 0 Å². The van der Waals surface area contributed by atoms with Gasteiger partial charge < -0.3 is 16.4 Å². The maximum absolute atomic E-state index is 5.61. The van der Waals surface area contributed by atoms with Crippen LogP contribution in [0.2, 0.25) is 0 Å². The van der Waals surface area contributed by atoms with Crippen LogP contribution in [0.3, 0.4) is 0 Å². The first kappa shape index (κ1) is 12.5. The third kappa shape index (κ3) is 3.92. The highest BCUT2D eigenvalue weighted by Gasteiger charge is 2.07. The van der Waals surface area contributed by atoms with Crippen LogP contribution in [0.5, 0.6) is 0 Å². The third-order valence-corrected chi connectivity index (χ3v) is 2.22. The average molecular weight is 223 g/mol. The van der Waals surface area contributed by atoms with Crippen LogP contribution in [-0.4, -0.2) is 23.1 Å². The molecule has 0 bridgehead atoms. The summed E-state index contributed by atoms with van der Waals surface area (Å²) < 4.78 is 0. The quantitative estimate of drug-likeness (QED) is 0.711. The summed E-state index contributed by atoms with van der Waals surface area (Å²) >= 11 is 0. The predicted molar refractivity (Wildman–Crippen MR) is 68.5 cm³/mol. The van der Waals surface area contributed by atoms with Crippen LogP contribution in [-0.2, 0) is 0 Å². The van der Waals surface area contributed by atoms with Crippen molar-refractivity contribution in [2.45, 2.75) is 33.2 Å². The van der Waals surface area contributed by atoms with Gasteiger partial charge in [0.1, 0.15) is 11.6 Å². The van der Waals surface area contributed by atoms with E-state index in [0.29, 0.717) is 12.0 Å². The fourth-order valence-corrected chi connectivity index (χ4v) is 1.69. The van der Waals surface area contributed by atoms with Gasteiger partial charge in [0, 0.05) is 19.2 Å². The second-order valence-electron chi connectivity index (χ2n) is 4.42. The topological polar surface area (TPSA) is 75.9 Å². The van der Waals surface area contributed by atoms with Crippen LogP contribution in [0, 0.1) is 5.92 Å². The van der Waals surface area contributed by atoms with E-state index in [4.69, 9.17) is 5.73 Å². The summed E-state index contributed by atoms with van der Waals surface area (Å²) in [5.74, 6) is 2.44. The van der Waals surface area contributed by atoms with E-state index in [-0.39, 0.29) is 5.95 Å². The first-order valence-corrected chi connectivity index (χ1v) is 5.60. The van der Waals surface area contributed by atoms with Gasteiger partial charge in [0.05, 0.1) is 0 Å². The van der Waals surface area contributed by atoms with Crippen molar-refractivity contribution in [3.8, 4) is 0 Å². The van der Waals surface area contributed by atoms with E-state index in [0.717, 1.165) is 18.1 Å². The second-order valence-corrected chi connectivity index (χ2v) is 4.42. The molecule has 0 fully saturated rings. The predicted octanol–water partition coefficient (Wildman–Crippen LogP) is 1.95. The zero-order chi connectivity index (χ0) is 12.1. The molecule has 0 aromatic carbocycles. The lowest BCUT2D eigenvalue weighted by molar-refractivity contribution is 0.539. The number of nitrogens with one attached hydrogen (secondary N) is 2. The summed E-state index contributed by atoms with van der Waals surface area (Å²) in [6, 6.07) is 2.23. The van der Waals surface area contributed by atoms with Crippen molar-refractivity contribution in [3.63, 3.8) is 0 Å². The molecule has 16 heavy (non-hydrogen) atoms. The molecule has 90 valence electrons. The van der Waals surface area contributed by atoms with Gasteiger partial charge in [-0.3, -0.25) is 0 Å². The number of aromatic nitrogens is 2. The summed E-state index contributed by atoms with van der Waals surface area (Å²) in [5, 5.41) is 6.27. The van der Waals surface area contributed by atoms with E-state index in [2.05, 4.69) is 41.4 Å². The van der Waals surface area contributed by atoms with Crippen molar-refractivity contribution in [2.24, 2.45) is 5.92 Å². The van der Waals surface area contributed by atoms with E-state index in [1.54, 1.807) is 0 Å². The van der Waals surface area contributed by atoms with E-state index >= 15 is 0 Å². The third-order valence-electron chi connectivity index (χ3n) is 2.22. The number of nitrogens with zero attached hydrogens (tertiary/aromatic N) is 2. The highest BCUT2D eigenvalue weighted by molar-refractivity contribution is 5.50. The zero-order valence-electron chi connectivity index (χ0n) is 10.4. The lowest BCUT2D eigenvalue weighted by Gasteiger charge is -2.17. The Labute approximate surface area is 96.9 Å². The molecular formula is C11H21N5. The first-order valence-electron chi connectivity index (χ1n) is 5.60. The Morgan fingerprint density at radius 3 is 2.44 bits per heavy atom. The minimum absolute atomic E-state index is 0.283. The lowest BCUT2D eigenvalue weighted by atomic mass is 10.1. The van der Waals surface area contributed by atoms with Crippen molar-refractivity contribution < 1.29 is 0 Å². The molecule has 0 amide bonds. The molecule has 0 aliphatic carbocycles. The molecule has 0 saturated heterocycles. The zero-order valence-corrected chi connectivity index (χ0v) is 10.4. The van der Waals surface area contributed by atoms with Gasteiger partial charge in [0.25, 0.3) is 0 Å². The van der Waals surface area contributed by atoms with Crippen LogP contribution < -0.4 is 16.4 Å². The molecule has 4 N–H and O–H groups in total. The maximum Gasteiger partial charge on any atom is 0.223 e. The standard InChI is InChI=1S/C11H21N5/c1-7(2)5-8(3)14-10-6-9(13-4)15-11(12)16-10/h6-8H,5H2,1-4H3,(H4,12,13,14,15,16).